The molecule has 1 aliphatic heterocycles. The Hall–Kier alpha value is -2.44. The number of hydrogen-bond acceptors (Lipinski definition) is 4. The fourth-order valence-electron chi connectivity index (χ4n) is 7.43. The van der Waals surface area contributed by atoms with E-state index in [-0.39, 0.29) is 22.9 Å². The van der Waals surface area contributed by atoms with Gasteiger partial charge in [0, 0.05) is 32.0 Å². The van der Waals surface area contributed by atoms with Crippen LogP contribution in [0.25, 0.3) is 0 Å². The van der Waals surface area contributed by atoms with Crippen LogP contribution in [0.5, 0.6) is 5.75 Å². The van der Waals surface area contributed by atoms with Gasteiger partial charge in [-0.1, -0.05) is 6.07 Å². The van der Waals surface area contributed by atoms with Crippen molar-refractivity contribution in [3.63, 3.8) is 0 Å². The summed E-state index contributed by atoms with van der Waals surface area (Å²) in [4.78, 5) is 20.1. The summed E-state index contributed by atoms with van der Waals surface area (Å²) in [6.07, 6.45) is 11.6. The van der Waals surface area contributed by atoms with Gasteiger partial charge in [0.2, 0.25) is 5.91 Å². The van der Waals surface area contributed by atoms with Crippen molar-refractivity contribution in [2.75, 3.05) is 13.1 Å². The zero-order valence-corrected chi connectivity index (χ0v) is 17.8. The molecule has 164 valence electrons. The summed E-state index contributed by atoms with van der Waals surface area (Å²) in [7, 11) is 0. The first-order valence-electron chi connectivity index (χ1n) is 11.6. The van der Waals surface area contributed by atoms with Crippen LogP contribution in [-0.4, -0.2) is 44.8 Å². The van der Waals surface area contributed by atoms with Crippen LogP contribution in [0.4, 0.5) is 4.39 Å². The molecule has 4 aliphatic carbocycles. The molecule has 31 heavy (non-hydrogen) atoms. The summed E-state index contributed by atoms with van der Waals surface area (Å²) in [5.41, 5.74) is -0.276. The minimum atomic E-state index is -0.284. The van der Waals surface area contributed by atoms with E-state index in [9.17, 15) is 9.18 Å². The highest BCUT2D eigenvalue weighted by molar-refractivity contribution is 5.83. The van der Waals surface area contributed by atoms with E-state index >= 15 is 0 Å². The smallest absolute Gasteiger partial charge is 0.228 e. The highest BCUT2D eigenvalue weighted by Crippen LogP contribution is 2.64. The minimum absolute atomic E-state index is 0.0312. The van der Waals surface area contributed by atoms with Gasteiger partial charge in [0.15, 0.2) is 0 Å². The first-order chi connectivity index (χ1) is 15.0. The molecule has 7 heteroatoms. The fourth-order valence-corrected chi connectivity index (χ4v) is 7.43. The molecule has 4 bridgehead atoms. The minimum Gasteiger partial charge on any atom is -0.490 e. The molecule has 6 nitrogen and oxygen atoms in total. The number of benzene rings is 1. The summed E-state index contributed by atoms with van der Waals surface area (Å²) in [6.45, 7) is 1.43. The van der Waals surface area contributed by atoms with Gasteiger partial charge >= 0.3 is 0 Å². The maximum Gasteiger partial charge on any atom is 0.228 e. The molecular formula is C24H29FN4O2. The van der Waals surface area contributed by atoms with Gasteiger partial charge in [0.1, 0.15) is 30.3 Å². The molecule has 1 saturated heterocycles. The Morgan fingerprint density at radius 1 is 1.13 bits per heavy atom. The Labute approximate surface area is 181 Å². The van der Waals surface area contributed by atoms with Crippen LogP contribution in [-0.2, 0) is 10.3 Å². The second kappa shape index (κ2) is 7.04. The van der Waals surface area contributed by atoms with E-state index in [1.807, 2.05) is 6.33 Å². The lowest BCUT2D eigenvalue weighted by Crippen LogP contribution is -2.62. The van der Waals surface area contributed by atoms with Gasteiger partial charge in [0.05, 0.1) is 11.0 Å². The first-order valence-corrected chi connectivity index (χ1v) is 11.6. The maximum absolute atomic E-state index is 13.9. The van der Waals surface area contributed by atoms with Gasteiger partial charge in [-0.15, -0.1) is 0 Å². The topological polar surface area (TPSA) is 60.2 Å². The Morgan fingerprint density at radius 2 is 1.90 bits per heavy atom. The van der Waals surface area contributed by atoms with E-state index in [2.05, 4.69) is 19.7 Å². The van der Waals surface area contributed by atoms with E-state index in [0.29, 0.717) is 36.6 Å². The quantitative estimate of drug-likeness (QED) is 0.749. The lowest BCUT2D eigenvalue weighted by molar-refractivity contribution is -0.168. The highest BCUT2D eigenvalue weighted by Gasteiger charge is 2.62. The predicted octanol–water partition coefficient (Wildman–Crippen LogP) is 3.78. The van der Waals surface area contributed by atoms with Crippen LogP contribution in [0, 0.1) is 23.1 Å². The second-order valence-electron chi connectivity index (χ2n) is 10.4. The molecular weight excluding hydrogens is 395 g/mol. The lowest BCUT2D eigenvalue weighted by Gasteiger charge is -2.61. The molecule has 2 aromatic rings. The average Bonchev–Trinajstić information content (AvgIpc) is 3.29. The molecule has 2 atom stereocenters. The Morgan fingerprint density at radius 3 is 2.58 bits per heavy atom. The SMILES string of the molecule is O=C(N1CCC(Oc2cccc(F)c2)CC1)C12C[C@@H]3C[C@@H](C1)CC(n1cncn1)(C3)C2. The molecule has 5 aliphatic rings. The molecule has 4 saturated carbocycles. The zero-order chi connectivity index (χ0) is 21.1. The van der Waals surface area contributed by atoms with Crippen LogP contribution in [0.15, 0.2) is 36.9 Å². The number of hydrogen-bond donors (Lipinski definition) is 0. The monoisotopic (exact) mass is 424 g/mol. The van der Waals surface area contributed by atoms with E-state index < -0.39 is 0 Å². The molecule has 7 rings (SSSR count). The molecule has 0 unspecified atom stereocenters. The predicted molar refractivity (Wildman–Crippen MR) is 112 cm³/mol. The lowest BCUT2D eigenvalue weighted by atomic mass is 9.46. The Balaban J connectivity index is 1.16. The van der Waals surface area contributed by atoms with Crippen LogP contribution >= 0.6 is 0 Å². The van der Waals surface area contributed by atoms with Crippen molar-refractivity contribution in [1.82, 2.24) is 19.7 Å². The Bertz CT molecular complexity index is 956. The van der Waals surface area contributed by atoms with Crippen molar-refractivity contribution in [3.05, 3.63) is 42.7 Å². The number of carbonyl (C=O) groups excluding carboxylic acids is 1. The highest BCUT2D eigenvalue weighted by atomic mass is 19.1. The number of likely N-dealkylation sites (tertiary alicyclic amines) is 1. The van der Waals surface area contributed by atoms with E-state index in [0.717, 1.165) is 44.9 Å². The normalized spacial score (nSPS) is 34.8. The molecule has 1 amide bonds. The standard InChI is InChI=1S/C24H29FN4O2/c25-19-2-1-3-21(9-19)31-20-4-6-28(7-5-20)22(30)23-10-17-8-18(11-23)13-24(12-17,14-23)29-16-26-15-27-29/h1-3,9,15-18,20H,4-8,10-14H2/t17-,18-,23?,24?/m0/s1. The van der Waals surface area contributed by atoms with Gasteiger partial charge in [-0.05, 0) is 62.5 Å². The third-order valence-corrected chi connectivity index (χ3v) is 8.22. The number of halogens is 1. The van der Waals surface area contributed by atoms with Crippen LogP contribution in [0.2, 0.25) is 0 Å². The maximum atomic E-state index is 13.9. The van der Waals surface area contributed by atoms with Gasteiger partial charge in [-0.3, -0.25) is 4.79 Å². The molecule has 0 radical (unpaired) electrons. The zero-order valence-electron chi connectivity index (χ0n) is 17.8. The van der Waals surface area contributed by atoms with Crippen molar-refractivity contribution in [2.45, 2.75) is 63.0 Å². The number of carbonyl (C=O) groups is 1. The van der Waals surface area contributed by atoms with E-state index in [4.69, 9.17) is 4.74 Å². The van der Waals surface area contributed by atoms with Crippen molar-refractivity contribution >= 4 is 5.91 Å². The van der Waals surface area contributed by atoms with E-state index in [1.165, 1.54) is 18.6 Å². The number of ether oxygens (including phenoxy) is 1. The molecule has 0 spiro atoms. The largest absolute Gasteiger partial charge is 0.490 e. The van der Waals surface area contributed by atoms with Gasteiger partial charge in [-0.25, -0.2) is 14.1 Å². The van der Waals surface area contributed by atoms with E-state index in [1.54, 1.807) is 18.5 Å². The molecule has 5 fully saturated rings. The van der Waals surface area contributed by atoms with Crippen LogP contribution in [0.3, 0.4) is 0 Å². The summed E-state index contributed by atoms with van der Waals surface area (Å²) in [5, 5.41) is 4.50. The fraction of sp³-hybridized carbons (Fsp3) is 0.625. The van der Waals surface area contributed by atoms with Gasteiger partial charge in [0.25, 0.3) is 0 Å². The first kappa shape index (κ1) is 19.3. The van der Waals surface area contributed by atoms with Gasteiger partial charge in [-0.2, -0.15) is 5.10 Å². The molecule has 0 N–H and O–H groups in total. The van der Waals surface area contributed by atoms with Crippen molar-refractivity contribution in [3.8, 4) is 5.75 Å². The molecule has 1 aromatic heterocycles. The number of amides is 1. The summed E-state index contributed by atoms with van der Waals surface area (Å²) in [5.74, 6) is 1.86. The number of piperidine rings is 1. The second-order valence-corrected chi connectivity index (χ2v) is 10.4. The number of aromatic nitrogens is 3. The average molecular weight is 425 g/mol. The third kappa shape index (κ3) is 3.24. The van der Waals surface area contributed by atoms with Crippen LogP contribution in [0.1, 0.15) is 51.4 Å². The third-order valence-electron chi connectivity index (χ3n) is 8.22. The summed E-state index contributed by atoms with van der Waals surface area (Å²) >= 11 is 0. The number of nitrogens with zero attached hydrogens (tertiary/aromatic N) is 4. The Kier molecular flexibility index (Phi) is 4.37. The molecule has 1 aromatic carbocycles. The van der Waals surface area contributed by atoms with Crippen molar-refractivity contribution < 1.29 is 13.9 Å². The van der Waals surface area contributed by atoms with Crippen LogP contribution < -0.4 is 4.74 Å². The van der Waals surface area contributed by atoms with Crippen molar-refractivity contribution in [1.29, 1.82) is 0 Å². The summed E-state index contributed by atoms with van der Waals surface area (Å²) < 4.78 is 21.5. The van der Waals surface area contributed by atoms with Gasteiger partial charge < -0.3 is 9.64 Å². The summed E-state index contributed by atoms with van der Waals surface area (Å²) in [6, 6.07) is 6.31. The van der Waals surface area contributed by atoms with Crippen molar-refractivity contribution in [2.24, 2.45) is 17.3 Å². The number of rotatable bonds is 4. The molecule has 2 heterocycles.